The molecule has 5 aliphatic rings. The third kappa shape index (κ3) is 34.8. The Bertz CT molecular complexity index is 4880. The Kier molecular flexibility index (Phi) is 46.0. The lowest BCUT2D eigenvalue weighted by Gasteiger charge is -2.31. The largest absolute Gasteiger partial charge is 0.493 e. The fraction of sp³-hybridized carbons (Fsp3) is 0.557. The molecule has 0 spiro atoms. The predicted molar refractivity (Wildman–Crippen MR) is 506 cm³/mol. The van der Waals surface area contributed by atoms with Gasteiger partial charge in [0.2, 0.25) is 35.4 Å². The number of fused-ring (bicyclic) bond motifs is 4. The van der Waals surface area contributed by atoms with Crippen molar-refractivity contribution in [2.75, 3.05) is 186 Å². The summed E-state index contributed by atoms with van der Waals surface area (Å²) < 4.78 is 90.6. The Morgan fingerprint density at radius 3 is 1.20 bits per heavy atom. The van der Waals surface area contributed by atoms with E-state index >= 15 is 0 Å². The molecule has 768 valence electrons. The Hall–Kier alpha value is -12.4. The monoisotopic (exact) mass is 1960 g/mol. The molecule has 0 radical (unpaired) electrons. The van der Waals surface area contributed by atoms with Gasteiger partial charge in [0.05, 0.1) is 181 Å². The molecule has 4 aromatic rings. The highest BCUT2D eigenvalue weighted by molar-refractivity contribution is 6.13. The Morgan fingerprint density at radius 2 is 0.800 bits per heavy atom. The number of unbranched alkanes of at least 4 members (excludes halogenated alkanes) is 2. The van der Waals surface area contributed by atoms with Crippen LogP contribution in [-0.2, 0) is 108 Å². The fourth-order valence-corrected chi connectivity index (χ4v) is 15.0. The first-order valence-electron chi connectivity index (χ1n) is 46.9. The van der Waals surface area contributed by atoms with Crippen LogP contribution in [0.25, 0.3) is 0 Å². The van der Waals surface area contributed by atoms with Crippen LogP contribution in [0.4, 0.5) is 37.1 Å². The highest BCUT2D eigenvalue weighted by Gasteiger charge is 2.48. The minimum absolute atomic E-state index is 0.00213. The first-order valence-corrected chi connectivity index (χ1v) is 46.9. The molecule has 43 heteroatoms. The molecule has 7 atom stereocenters. The van der Waals surface area contributed by atoms with Crippen molar-refractivity contribution in [3.8, 4) is 23.0 Å². The van der Waals surface area contributed by atoms with E-state index in [1.165, 1.54) is 67.4 Å². The fourth-order valence-electron chi connectivity index (χ4n) is 15.0. The van der Waals surface area contributed by atoms with Crippen molar-refractivity contribution in [1.29, 1.82) is 0 Å². The molecule has 9 N–H and O–H groups in total. The molecule has 0 saturated heterocycles. The predicted octanol–water partition coefficient (Wildman–Crippen LogP) is 6.68. The Morgan fingerprint density at radius 1 is 0.414 bits per heavy atom. The van der Waals surface area contributed by atoms with Gasteiger partial charge in [-0.2, -0.15) is 0 Å². The number of nitrogens with zero attached hydrogens (tertiary/aromatic N) is 5. The molecular formula is C97H134N12O31. The number of aliphatic hydroxyl groups excluding tert-OH is 2. The lowest BCUT2D eigenvalue weighted by Crippen LogP contribution is -2.53. The molecule has 140 heavy (non-hydrogen) atoms. The molecule has 4 aromatic carbocycles. The molecule has 0 fully saturated rings. The zero-order valence-corrected chi connectivity index (χ0v) is 81.3. The summed E-state index contributed by atoms with van der Waals surface area (Å²) in [6.45, 7) is 21.0. The van der Waals surface area contributed by atoms with Gasteiger partial charge in [-0.3, -0.25) is 58.2 Å². The van der Waals surface area contributed by atoms with E-state index in [-0.39, 0.29) is 199 Å². The normalized spacial score (nSPS) is 16.5. The average molecular weight is 1960 g/mol. The second-order valence-corrected chi connectivity index (χ2v) is 34.3. The molecule has 0 bridgehead atoms. The molecule has 5 heterocycles. The minimum Gasteiger partial charge on any atom is -0.493 e. The van der Waals surface area contributed by atoms with Gasteiger partial charge < -0.3 is 128 Å². The zero-order chi connectivity index (χ0) is 101. The van der Waals surface area contributed by atoms with Crippen LogP contribution in [0.3, 0.4) is 0 Å². The number of imide groups is 1. The number of nitrogens with one attached hydrogen (secondary N) is 7. The van der Waals surface area contributed by atoms with Gasteiger partial charge in [0.1, 0.15) is 37.9 Å². The maximum Gasteiger partial charge on any atom is 0.416 e. The van der Waals surface area contributed by atoms with Crippen molar-refractivity contribution in [3.63, 3.8) is 0 Å². The van der Waals surface area contributed by atoms with Gasteiger partial charge >= 0.3 is 18.3 Å². The van der Waals surface area contributed by atoms with Gasteiger partial charge in [-0.15, -0.1) is 0 Å². The van der Waals surface area contributed by atoms with E-state index in [9.17, 15) is 72.5 Å². The van der Waals surface area contributed by atoms with Crippen molar-refractivity contribution in [3.05, 3.63) is 131 Å². The number of carbonyl (C=O) groups excluding carboxylic acids is 13. The molecule has 0 saturated carbocycles. The molecule has 5 aliphatic heterocycles. The number of hydrogen-bond donors (Lipinski definition) is 9. The lowest BCUT2D eigenvalue weighted by molar-refractivity contribution is -0.137. The molecule has 2 unspecified atom stereocenters. The number of methoxy groups -OCH3 is 2. The molecule has 9 rings (SSSR count). The summed E-state index contributed by atoms with van der Waals surface area (Å²) >= 11 is 0. The quantitative estimate of drug-likeness (QED) is 0.0126. The molecule has 43 nitrogen and oxygen atoms in total. The summed E-state index contributed by atoms with van der Waals surface area (Å²) in [6.07, 6.45) is 1.57. The van der Waals surface area contributed by atoms with Crippen molar-refractivity contribution < 1.29 is 148 Å². The van der Waals surface area contributed by atoms with Crippen LogP contribution in [0.1, 0.15) is 146 Å². The topological polar surface area (TPSA) is 510 Å². The number of aliphatic hydroxyl groups is 2. The number of carbonyl (C=O) groups is 13. The summed E-state index contributed by atoms with van der Waals surface area (Å²) in [5, 5.41) is 43.2. The van der Waals surface area contributed by atoms with Crippen LogP contribution in [0.15, 0.2) is 108 Å². The summed E-state index contributed by atoms with van der Waals surface area (Å²) in [7, 11) is 2.80. The van der Waals surface area contributed by atoms with Crippen molar-refractivity contribution >= 4 is 100 Å². The van der Waals surface area contributed by atoms with Gasteiger partial charge in [-0.25, -0.2) is 24.2 Å². The standard InChI is InChI=1S/C97H134N12O31/c1-61(2)86(89(116)99-63(5)6)103-82(111)27-33-128-49-50-138-95(122)102-70-21-17-68(18-22-70)60-140-97(124)109-74-56-80(78(126-11)54-72(74)92(119)107-58-65(8)52-76(107)94(109)121)137-31-14-12-13-30-136-79-55-73-71(53-77(79)125-10)91(118)106-57-64(7)51-75(106)93(120)108(73)96(123)139-59-67-15-19-69(20-16-67)101-88(115)66(9)100-90(117)87(62(3)4)104-83(112)26-32-127-35-37-130-39-41-132-43-45-134-47-48-135-46-44-133-42-40-131-38-36-129-34-28-98-81(110)25-29-105-84(113)23-24-85(105)114/h15-24,53-58,61-63,66,75-76,86-87,93-94,120-121H,12-14,25-52,59-60H2,1-11H3,(H,98,110)(H,99,116)(H,100,117)(H,101,115)(H,102,122)(H,103,111)(H,104,112)/t66-,75+,76?,86-,87-,93+,94?/m1/s1. The van der Waals surface area contributed by atoms with Gasteiger partial charge in [0, 0.05) is 86.5 Å². The van der Waals surface area contributed by atoms with E-state index in [2.05, 4.69) is 37.2 Å². The maximum atomic E-state index is 14.5. The summed E-state index contributed by atoms with van der Waals surface area (Å²) in [4.78, 5) is 176. The zero-order valence-electron chi connectivity index (χ0n) is 81.3. The molecular weight excluding hydrogens is 1830 g/mol. The highest BCUT2D eigenvalue weighted by atomic mass is 16.6. The Balaban J connectivity index is 0.647. The van der Waals surface area contributed by atoms with Crippen molar-refractivity contribution in [1.82, 2.24) is 41.3 Å². The SMILES string of the molecule is COc1cc2c(cc1OCCCCCOc1cc3c(cc1OC)C(=O)N1C=C(C)C[C@H]1[C@H](O)N3C(=O)OCc1ccc(NC(=O)[C@@H](C)NC(=O)[C@H](NC(=O)CCOCCOCCOCCOCCOCCOCCOCCOCCNC(=O)CCN3C(=O)C=CC3=O)C(C)C)cc1)N(C(=O)OCc1ccc(NC(=O)OCCOCCC(=O)N[C@@H](C(=O)NC(C)C)C(C)C)cc1)C(O)C1CC(C)=CN1C2=O. The van der Waals surface area contributed by atoms with E-state index in [1.54, 1.807) is 81.7 Å². The van der Waals surface area contributed by atoms with Crippen LogP contribution in [-0.4, -0.2) is 317 Å². The average Bonchev–Trinajstić information content (AvgIpc) is 1.60. The molecule has 13 amide bonds. The van der Waals surface area contributed by atoms with Crippen LogP contribution in [0, 0.1) is 11.8 Å². The van der Waals surface area contributed by atoms with Gasteiger partial charge in [-0.1, -0.05) is 63.1 Å². The summed E-state index contributed by atoms with van der Waals surface area (Å²) in [5.41, 5.74) is 3.31. The van der Waals surface area contributed by atoms with Crippen LogP contribution < -0.4 is 66.0 Å². The first-order chi connectivity index (χ1) is 67.3. The van der Waals surface area contributed by atoms with Crippen LogP contribution in [0.5, 0.6) is 23.0 Å². The van der Waals surface area contributed by atoms with Gasteiger partial charge in [-0.05, 0) is 126 Å². The number of ether oxygens (including phenoxy) is 16. The second kappa shape index (κ2) is 58.0. The number of hydrogen-bond acceptors (Lipinski definition) is 31. The maximum absolute atomic E-state index is 14.5. The minimum atomic E-state index is -1.60. The van der Waals surface area contributed by atoms with Crippen LogP contribution in [0.2, 0.25) is 0 Å². The number of amides is 13. The molecule has 0 aromatic heterocycles. The number of benzene rings is 4. The van der Waals surface area contributed by atoms with E-state index in [1.807, 2.05) is 34.6 Å². The lowest BCUT2D eigenvalue weighted by atomic mass is 10.0. The summed E-state index contributed by atoms with van der Waals surface area (Å²) in [5.74, 6) is -4.20. The smallest absolute Gasteiger partial charge is 0.416 e. The van der Waals surface area contributed by atoms with Gasteiger partial charge in [0.15, 0.2) is 35.5 Å². The number of anilines is 4. The highest BCUT2D eigenvalue weighted by Crippen LogP contribution is 2.45. The van der Waals surface area contributed by atoms with E-state index < -0.39 is 102 Å². The van der Waals surface area contributed by atoms with E-state index in [0.29, 0.717) is 121 Å². The van der Waals surface area contributed by atoms with E-state index in [4.69, 9.17) is 75.8 Å². The van der Waals surface area contributed by atoms with Crippen LogP contribution >= 0.6 is 0 Å². The Labute approximate surface area is 813 Å². The van der Waals surface area contributed by atoms with E-state index in [0.717, 1.165) is 25.8 Å². The number of rotatable bonds is 61. The third-order valence-electron chi connectivity index (χ3n) is 22.3. The third-order valence-corrected chi connectivity index (χ3v) is 22.3. The van der Waals surface area contributed by atoms with Crippen molar-refractivity contribution in [2.45, 2.75) is 176 Å². The summed E-state index contributed by atoms with van der Waals surface area (Å²) in [6, 6.07) is 13.9. The second-order valence-electron chi connectivity index (χ2n) is 34.3. The molecule has 0 aliphatic carbocycles. The van der Waals surface area contributed by atoms with Gasteiger partial charge in [0.25, 0.3) is 23.6 Å². The van der Waals surface area contributed by atoms with Crippen molar-refractivity contribution in [2.24, 2.45) is 11.8 Å². The first kappa shape index (κ1) is 111.